The van der Waals surface area contributed by atoms with Gasteiger partial charge in [-0.3, -0.25) is 0 Å². The first-order chi connectivity index (χ1) is 8.79. The third-order valence-corrected chi connectivity index (χ3v) is 2.39. The molecule has 2 N–H and O–H groups in total. The summed E-state index contributed by atoms with van der Waals surface area (Å²) in [6, 6.07) is 9.39. The molecule has 0 radical (unpaired) electrons. The molecule has 94 valence electrons. The fourth-order valence-corrected chi connectivity index (χ4v) is 1.49. The van der Waals surface area contributed by atoms with Crippen molar-refractivity contribution in [3.8, 4) is 17.0 Å². The summed E-state index contributed by atoms with van der Waals surface area (Å²) < 4.78 is 10.4. The Morgan fingerprint density at radius 2 is 1.89 bits per heavy atom. The van der Waals surface area contributed by atoms with Crippen LogP contribution >= 0.6 is 0 Å². The second-order valence-electron chi connectivity index (χ2n) is 3.69. The summed E-state index contributed by atoms with van der Waals surface area (Å²) in [6.07, 6.45) is 1.45. The van der Waals surface area contributed by atoms with Crippen LogP contribution in [0.4, 0.5) is 5.82 Å². The fraction of sp³-hybridized carbons (Fsp3) is 0.231. The molecule has 0 spiro atoms. The number of benzene rings is 1. The Bertz CT molecular complexity index is 500. The summed E-state index contributed by atoms with van der Waals surface area (Å²) >= 11 is 0. The number of anilines is 1. The molecule has 0 unspecified atom stereocenters. The Kier molecular flexibility index (Phi) is 4.09. The maximum absolute atomic E-state index is 5.62. The van der Waals surface area contributed by atoms with Crippen LogP contribution < -0.4 is 10.5 Å². The van der Waals surface area contributed by atoms with E-state index in [0.717, 1.165) is 17.0 Å². The minimum Gasteiger partial charge on any atom is -0.491 e. The van der Waals surface area contributed by atoms with Gasteiger partial charge in [-0.1, -0.05) is 0 Å². The van der Waals surface area contributed by atoms with Crippen molar-refractivity contribution in [2.75, 3.05) is 26.1 Å². The number of methoxy groups -OCH3 is 1. The lowest BCUT2D eigenvalue weighted by atomic mass is 10.1. The lowest BCUT2D eigenvalue weighted by Gasteiger charge is -2.06. The Morgan fingerprint density at radius 3 is 2.56 bits per heavy atom. The van der Waals surface area contributed by atoms with Crippen molar-refractivity contribution in [2.45, 2.75) is 0 Å². The number of nitrogens with zero attached hydrogens (tertiary/aromatic N) is 2. The van der Waals surface area contributed by atoms with Crippen LogP contribution in [0.2, 0.25) is 0 Å². The number of aromatic nitrogens is 2. The molecule has 5 heteroatoms. The van der Waals surface area contributed by atoms with Crippen LogP contribution in [0.25, 0.3) is 11.3 Å². The molecule has 5 nitrogen and oxygen atoms in total. The third-order valence-electron chi connectivity index (χ3n) is 2.39. The van der Waals surface area contributed by atoms with E-state index in [0.29, 0.717) is 19.0 Å². The second-order valence-corrected chi connectivity index (χ2v) is 3.69. The predicted octanol–water partition coefficient (Wildman–Crippen LogP) is 1.75. The normalized spacial score (nSPS) is 10.3. The quantitative estimate of drug-likeness (QED) is 0.813. The van der Waals surface area contributed by atoms with E-state index < -0.39 is 0 Å². The van der Waals surface area contributed by atoms with Crippen molar-refractivity contribution in [1.29, 1.82) is 0 Å². The second kappa shape index (κ2) is 5.97. The zero-order valence-corrected chi connectivity index (χ0v) is 10.2. The van der Waals surface area contributed by atoms with Crippen molar-refractivity contribution in [2.24, 2.45) is 0 Å². The molecule has 0 amide bonds. The van der Waals surface area contributed by atoms with Gasteiger partial charge in [-0.25, -0.2) is 9.97 Å². The Morgan fingerprint density at radius 1 is 1.11 bits per heavy atom. The molecule has 2 rings (SSSR count). The maximum atomic E-state index is 5.62. The average molecular weight is 245 g/mol. The van der Waals surface area contributed by atoms with E-state index in [-0.39, 0.29) is 0 Å². The molecular formula is C13H15N3O2. The van der Waals surface area contributed by atoms with Crippen LogP contribution in [0.1, 0.15) is 0 Å². The van der Waals surface area contributed by atoms with Gasteiger partial charge < -0.3 is 15.2 Å². The number of nitrogen functional groups attached to an aromatic ring is 1. The molecule has 0 fully saturated rings. The third kappa shape index (κ3) is 3.18. The van der Waals surface area contributed by atoms with Gasteiger partial charge in [0.15, 0.2) is 0 Å². The van der Waals surface area contributed by atoms with Crippen molar-refractivity contribution < 1.29 is 9.47 Å². The van der Waals surface area contributed by atoms with Crippen LogP contribution in [0, 0.1) is 0 Å². The van der Waals surface area contributed by atoms with Gasteiger partial charge in [0, 0.05) is 18.7 Å². The highest BCUT2D eigenvalue weighted by atomic mass is 16.5. The molecule has 0 atom stereocenters. The number of hydrogen-bond donors (Lipinski definition) is 1. The highest BCUT2D eigenvalue weighted by Crippen LogP contribution is 2.21. The molecule has 18 heavy (non-hydrogen) atoms. The van der Waals surface area contributed by atoms with Gasteiger partial charge in [0.1, 0.15) is 24.5 Å². The van der Waals surface area contributed by atoms with E-state index in [1.807, 2.05) is 24.3 Å². The van der Waals surface area contributed by atoms with E-state index in [4.69, 9.17) is 15.2 Å². The van der Waals surface area contributed by atoms with Gasteiger partial charge in [0.2, 0.25) is 0 Å². The highest BCUT2D eigenvalue weighted by molar-refractivity contribution is 5.62. The molecule has 0 aliphatic rings. The molecule has 0 saturated heterocycles. The molecule has 1 heterocycles. The van der Waals surface area contributed by atoms with Crippen LogP contribution in [0.5, 0.6) is 5.75 Å². The standard InChI is InChI=1S/C13H15N3O2/c1-17-6-7-18-11-4-2-10(3-5-11)12-8-13(14)16-9-15-12/h2-5,8-9H,6-7H2,1H3,(H2,14,15,16). The Labute approximate surface area is 106 Å². The van der Waals surface area contributed by atoms with Crippen molar-refractivity contribution in [1.82, 2.24) is 9.97 Å². The van der Waals surface area contributed by atoms with E-state index in [2.05, 4.69) is 9.97 Å². The number of rotatable bonds is 5. The Balaban J connectivity index is 2.07. The first-order valence-electron chi connectivity index (χ1n) is 5.59. The monoisotopic (exact) mass is 245 g/mol. The number of ether oxygens (including phenoxy) is 2. The van der Waals surface area contributed by atoms with Crippen molar-refractivity contribution >= 4 is 5.82 Å². The highest BCUT2D eigenvalue weighted by Gasteiger charge is 2.01. The zero-order valence-electron chi connectivity index (χ0n) is 10.2. The van der Waals surface area contributed by atoms with Gasteiger partial charge >= 0.3 is 0 Å². The van der Waals surface area contributed by atoms with Gasteiger partial charge in [0.25, 0.3) is 0 Å². The summed E-state index contributed by atoms with van der Waals surface area (Å²) in [5, 5.41) is 0. The van der Waals surface area contributed by atoms with Crippen molar-refractivity contribution in [3.05, 3.63) is 36.7 Å². The van der Waals surface area contributed by atoms with Crippen LogP contribution in [0.3, 0.4) is 0 Å². The lowest BCUT2D eigenvalue weighted by Crippen LogP contribution is -2.03. The fourth-order valence-electron chi connectivity index (χ4n) is 1.49. The summed E-state index contributed by atoms with van der Waals surface area (Å²) in [5.74, 6) is 1.26. The van der Waals surface area contributed by atoms with Gasteiger partial charge in [-0.15, -0.1) is 0 Å². The van der Waals surface area contributed by atoms with E-state index in [9.17, 15) is 0 Å². The molecule has 1 aromatic carbocycles. The summed E-state index contributed by atoms with van der Waals surface area (Å²) in [4.78, 5) is 8.02. The van der Waals surface area contributed by atoms with E-state index in [1.165, 1.54) is 6.33 Å². The van der Waals surface area contributed by atoms with Crippen molar-refractivity contribution in [3.63, 3.8) is 0 Å². The minimum absolute atomic E-state index is 0.459. The van der Waals surface area contributed by atoms with Gasteiger partial charge in [-0.05, 0) is 24.3 Å². The summed E-state index contributed by atoms with van der Waals surface area (Å²) in [6.45, 7) is 1.11. The van der Waals surface area contributed by atoms with Gasteiger partial charge in [-0.2, -0.15) is 0 Å². The van der Waals surface area contributed by atoms with E-state index in [1.54, 1.807) is 13.2 Å². The van der Waals surface area contributed by atoms with Crippen LogP contribution in [-0.2, 0) is 4.74 Å². The topological polar surface area (TPSA) is 70.3 Å². The maximum Gasteiger partial charge on any atom is 0.127 e. The first-order valence-corrected chi connectivity index (χ1v) is 5.59. The average Bonchev–Trinajstić information content (AvgIpc) is 2.40. The number of hydrogen-bond acceptors (Lipinski definition) is 5. The molecule has 2 aromatic rings. The minimum atomic E-state index is 0.459. The predicted molar refractivity (Wildman–Crippen MR) is 69.3 cm³/mol. The smallest absolute Gasteiger partial charge is 0.127 e. The van der Waals surface area contributed by atoms with Crippen LogP contribution in [-0.4, -0.2) is 30.3 Å². The molecular weight excluding hydrogens is 230 g/mol. The lowest BCUT2D eigenvalue weighted by molar-refractivity contribution is 0.146. The van der Waals surface area contributed by atoms with Gasteiger partial charge in [0.05, 0.1) is 12.3 Å². The summed E-state index contributed by atoms with van der Waals surface area (Å²) in [5.41, 5.74) is 7.39. The summed E-state index contributed by atoms with van der Waals surface area (Å²) in [7, 11) is 1.64. The largest absolute Gasteiger partial charge is 0.491 e. The number of nitrogens with two attached hydrogens (primary N) is 1. The van der Waals surface area contributed by atoms with Crippen LogP contribution in [0.15, 0.2) is 36.7 Å². The molecule has 0 aliphatic heterocycles. The molecule has 0 aliphatic carbocycles. The first kappa shape index (κ1) is 12.3. The van der Waals surface area contributed by atoms with E-state index >= 15 is 0 Å². The molecule has 0 bridgehead atoms. The zero-order chi connectivity index (χ0) is 12.8. The Hall–Kier alpha value is -2.14. The SMILES string of the molecule is COCCOc1ccc(-c2cc(N)ncn2)cc1. The molecule has 0 saturated carbocycles. The molecule has 1 aromatic heterocycles.